The number of rotatable bonds is 5. The van der Waals surface area contributed by atoms with Gasteiger partial charge in [0.15, 0.2) is 10.9 Å². The predicted octanol–water partition coefficient (Wildman–Crippen LogP) is 4.58. The molecule has 1 heterocycles. The van der Waals surface area contributed by atoms with Crippen molar-refractivity contribution in [3.63, 3.8) is 0 Å². The first-order valence-electron chi connectivity index (χ1n) is 9.96. The first-order chi connectivity index (χ1) is 13.6. The van der Waals surface area contributed by atoms with Gasteiger partial charge in [-0.25, -0.2) is 4.98 Å². The fraction of sp³-hybridized carbons (Fsp3) is 0.348. The van der Waals surface area contributed by atoms with Gasteiger partial charge >= 0.3 is 0 Å². The Bertz CT molecular complexity index is 1150. The summed E-state index contributed by atoms with van der Waals surface area (Å²) in [6, 6.07) is 13.8. The monoisotopic (exact) mass is 390 g/mol. The molecule has 2 aromatic carbocycles. The second-order valence-electron chi connectivity index (χ2n) is 7.78. The maximum atomic E-state index is 13.1. The number of carbonyl (C=O) groups excluding carboxylic acids is 1. The number of aromatic nitrogens is 2. The molecule has 1 atom stereocenters. The molecule has 0 aliphatic heterocycles. The molecule has 5 heteroatoms. The SMILES string of the molecule is C[C@@H](Sc1nc2ccccc2c(=O)n1C1CC1)C(=O)c1ccc2c(c1)CCC2. The summed E-state index contributed by atoms with van der Waals surface area (Å²) >= 11 is 1.41. The number of fused-ring (bicyclic) bond motifs is 2. The van der Waals surface area contributed by atoms with Gasteiger partial charge in [0, 0.05) is 11.6 Å². The van der Waals surface area contributed by atoms with Crippen LogP contribution in [-0.4, -0.2) is 20.6 Å². The van der Waals surface area contributed by atoms with Crippen LogP contribution in [-0.2, 0) is 12.8 Å². The molecular weight excluding hydrogens is 368 g/mol. The molecule has 5 rings (SSSR count). The molecule has 1 fully saturated rings. The van der Waals surface area contributed by atoms with Crippen LogP contribution in [0.5, 0.6) is 0 Å². The highest BCUT2D eigenvalue weighted by molar-refractivity contribution is 8.00. The van der Waals surface area contributed by atoms with Crippen LogP contribution in [0, 0.1) is 0 Å². The Morgan fingerprint density at radius 2 is 1.93 bits per heavy atom. The molecule has 0 radical (unpaired) electrons. The van der Waals surface area contributed by atoms with Crippen LogP contribution in [0.25, 0.3) is 10.9 Å². The van der Waals surface area contributed by atoms with Crippen LogP contribution in [0.1, 0.15) is 53.7 Å². The summed E-state index contributed by atoms with van der Waals surface area (Å²) in [4.78, 5) is 30.8. The number of hydrogen-bond donors (Lipinski definition) is 0. The van der Waals surface area contributed by atoms with Crippen LogP contribution in [0.3, 0.4) is 0 Å². The third-order valence-corrected chi connectivity index (χ3v) is 6.79. The second kappa shape index (κ2) is 6.89. The Kier molecular flexibility index (Phi) is 4.35. The topological polar surface area (TPSA) is 52.0 Å². The van der Waals surface area contributed by atoms with Gasteiger partial charge in [-0.15, -0.1) is 0 Å². The zero-order valence-corrected chi connectivity index (χ0v) is 16.7. The molecule has 28 heavy (non-hydrogen) atoms. The van der Waals surface area contributed by atoms with Gasteiger partial charge in [-0.1, -0.05) is 36.0 Å². The van der Waals surface area contributed by atoms with E-state index in [4.69, 9.17) is 4.98 Å². The second-order valence-corrected chi connectivity index (χ2v) is 9.09. The molecule has 0 amide bonds. The number of thioether (sulfide) groups is 1. The summed E-state index contributed by atoms with van der Waals surface area (Å²) in [6.45, 7) is 1.92. The first-order valence-corrected chi connectivity index (χ1v) is 10.8. The number of aryl methyl sites for hydroxylation is 2. The lowest BCUT2D eigenvalue weighted by Gasteiger charge is -2.16. The summed E-state index contributed by atoms with van der Waals surface area (Å²) in [5.41, 5.74) is 4.15. The van der Waals surface area contributed by atoms with Crippen molar-refractivity contribution in [1.29, 1.82) is 0 Å². The molecule has 0 spiro atoms. The summed E-state index contributed by atoms with van der Waals surface area (Å²) < 4.78 is 1.81. The van der Waals surface area contributed by atoms with Crippen LogP contribution in [0.15, 0.2) is 52.4 Å². The molecule has 0 bridgehead atoms. The number of ketones is 1. The molecule has 1 saturated carbocycles. The van der Waals surface area contributed by atoms with E-state index in [1.54, 1.807) is 4.57 Å². The molecule has 0 unspecified atom stereocenters. The van der Waals surface area contributed by atoms with E-state index in [0.717, 1.165) is 31.2 Å². The van der Waals surface area contributed by atoms with Gasteiger partial charge in [0.05, 0.1) is 16.2 Å². The first kappa shape index (κ1) is 17.7. The minimum atomic E-state index is -0.294. The maximum absolute atomic E-state index is 13.1. The van der Waals surface area contributed by atoms with Crippen molar-refractivity contribution in [1.82, 2.24) is 9.55 Å². The predicted molar refractivity (Wildman–Crippen MR) is 112 cm³/mol. The van der Waals surface area contributed by atoms with Gasteiger partial charge in [-0.05, 0) is 68.4 Å². The quantitative estimate of drug-likeness (QED) is 0.363. The smallest absolute Gasteiger partial charge is 0.262 e. The van der Waals surface area contributed by atoms with E-state index >= 15 is 0 Å². The standard InChI is InChI=1S/C23H22N2O2S/c1-14(21(26)17-10-9-15-5-4-6-16(15)13-17)28-23-24-20-8-3-2-7-19(20)22(27)25(23)18-11-12-18/h2-3,7-10,13-14,18H,4-6,11-12H2,1H3/t14-/m1/s1. The van der Waals surface area contributed by atoms with Crippen LogP contribution >= 0.6 is 11.8 Å². The van der Waals surface area contributed by atoms with Crippen molar-refractivity contribution in [2.45, 2.75) is 55.5 Å². The molecule has 1 aromatic heterocycles. The normalized spacial score (nSPS) is 16.9. The zero-order valence-electron chi connectivity index (χ0n) is 15.9. The molecule has 4 nitrogen and oxygen atoms in total. The van der Waals surface area contributed by atoms with Crippen molar-refractivity contribution in [2.75, 3.05) is 0 Å². The van der Waals surface area contributed by atoms with Crippen molar-refractivity contribution < 1.29 is 4.79 Å². The van der Waals surface area contributed by atoms with Gasteiger partial charge in [0.2, 0.25) is 0 Å². The van der Waals surface area contributed by atoms with Crippen LogP contribution in [0.4, 0.5) is 0 Å². The Balaban J connectivity index is 1.48. The van der Waals surface area contributed by atoms with Gasteiger partial charge in [0.25, 0.3) is 5.56 Å². The molecule has 3 aromatic rings. The lowest BCUT2D eigenvalue weighted by molar-refractivity contribution is 0.0993. The number of Topliss-reactive ketones (excluding diaryl/α,β-unsaturated/α-hetero) is 1. The molecule has 2 aliphatic carbocycles. The minimum Gasteiger partial charge on any atom is -0.293 e. The van der Waals surface area contributed by atoms with E-state index in [2.05, 4.69) is 12.1 Å². The highest BCUT2D eigenvalue weighted by atomic mass is 32.2. The van der Waals surface area contributed by atoms with Crippen molar-refractivity contribution in [3.8, 4) is 0 Å². The van der Waals surface area contributed by atoms with E-state index in [1.165, 1.54) is 29.3 Å². The van der Waals surface area contributed by atoms with E-state index in [9.17, 15) is 9.59 Å². The molecular formula is C23H22N2O2S. The average Bonchev–Trinajstić information content (AvgIpc) is 3.43. The zero-order chi connectivity index (χ0) is 19.3. The number of carbonyl (C=O) groups is 1. The van der Waals surface area contributed by atoms with Gasteiger partial charge in [-0.3, -0.25) is 14.2 Å². The third kappa shape index (κ3) is 3.08. The third-order valence-electron chi connectivity index (χ3n) is 5.72. The summed E-state index contributed by atoms with van der Waals surface area (Å²) in [5, 5.41) is 1.02. The molecule has 0 N–H and O–H groups in total. The molecule has 2 aliphatic rings. The lowest BCUT2D eigenvalue weighted by atomic mass is 10.0. The lowest BCUT2D eigenvalue weighted by Crippen LogP contribution is -2.24. The Labute approximate surface area is 168 Å². The van der Waals surface area contributed by atoms with Gasteiger partial charge in [0.1, 0.15) is 0 Å². The van der Waals surface area contributed by atoms with E-state index in [1.807, 2.05) is 37.3 Å². The minimum absolute atomic E-state index is 0.00720. The number of benzene rings is 2. The molecule has 0 saturated heterocycles. The average molecular weight is 391 g/mol. The molecule has 142 valence electrons. The van der Waals surface area contributed by atoms with E-state index in [0.29, 0.717) is 16.1 Å². The largest absolute Gasteiger partial charge is 0.293 e. The van der Waals surface area contributed by atoms with E-state index < -0.39 is 0 Å². The maximum Gasteiger partial charge on any atom is 0.262 e. The number of hydrogen-bond acceptors (Lipinski definition) is 4. The number of nitrogens with zero attached hydrogens (tertiary/aromatic N) is 2. The number of para-hydroxylation sites is 1. The summed E-state index contributed by atoms with van der Waals surface area (Å²) in [7, 11) is 0. The van der Waals surface area contributed by atoms with Crippen molar-refractivity contribution >= 4 is 28.4 Å². The van der Waals surface area contributed by atoms with Gasteiger partial charge < -0.3 is 0 Å². The summed E-state index contributed by atoms with van der Waals surface area (Å²) in [5.74, 6) is 0.101. The van der Waals surface area contributed by atoms with Gasteiger partial charge in [-0.2, -0.15) is 0 Å². The fourth-order valence-electron chi connectivity index (χ4n) is 4.03. The highest BCUT2D eigenvalue weighted by Gasteiger charge is 2.30. The fourth-order valence-corrected chi connectivity index (χ4v) is 5.09. The van der Waals surface area contributed by atoms with Crippen molar-refractivity contribution in [2.24, 2.45) is 0 Å². The Morgan fingerprint density at radius 1 is 1.14 bits per heavy atom. The summed E-state index contributed by atoms with van der Waals surface area (Å²) in [6.07, 6.45) is 5.35. The van der Waals surface area contributed by atoms with Crippen LogP contribution in [0.2, 0.25) is 0 Å². The Hall–Kier alpha value is -2.40. The van der Waals surface area contributed by atoms with Crippen LogP contribution < -0.4 is 5.56 Å². The Morgan fingerprint density at radius 3 is 2.75 bits per heavy atom. The highest BCUT2D eigenvalue weighted by Crippen LogP contribution is 2.38. The van der Waals surface area contributed by atoms with Crippen molar-refractivity contribution in [3.05, 3.63) is 69.5 Å². The van der Waals surface area contributed by atoms with E-state index in [-0.39, 0.29) is 22.6 Å².